The fourth-order valence-electron chi connectivity index (χ4n) is 2.85. The highest BCUT2D eigenvalue weighted by molar-refractivity contribution is 5.29. The number of aromatic nitrogens is 1. The van der Waals surface area contributed by atoms with E-state index in [0.717, 1.165) is 18.8 Å². The highest BCUT2D eigenvalue weighted by Gasteiger charge is 2.17. The number of aliphatic hydroxyl groups is 1. The molecule has 2 rings (SSSR count). The van der Waals surface area contributed by atoms with Gasteiger partial charge in [0.1, 0.15) is 0 Å². The third kappa shape index (κ3) is 3.41. The molecule has 5 heteroatoms. The first-order valence-electron chi connectivity index (χ1n) is 7.39. The van der Waals surface area contributed by atoms with Crippen LogP contribution in [-0.2, 0) is 13.1 Å². The van der Waals surface area contributed by atoms with E-state index in [1.807, 2.05) is 11.5 Å². The van der Waals surface area contributed by atoms with Crippen LogP contribution >= 0.6 is 0 Å². The van der Waals surface area contributed by atoms with Gasteiger partial charge >= 0.3 is 0 Å². The van der Waals surface area contributed by atoms with Crippen molar-refractivity contribution in [1.29, 1.82) is 0 Å². The van der Waals surface area contributed by atoms with Crippen molar-refractivity contribution in [1.82, 2.24) is 9.47 Å². The highest BCUT2D eigenvalue weighted by Crippen LogP contribution is 2.19. The molecule has 0 bridgehead atoms. The van der Waals surface area contributed by atoms with Crippen molar-refractivity contribution in [2.24, 2.45) is 0 Å². The molecule has 1 fully saturated rings. The lowest BCUT2D eigenvalue weighted by molar-refractivity contribution is 0.210. The van der Waals surface area contributed by atoms with Crippen LogP contribution < -0.4 is 5.43 Å². The monoisotopic (exact) mass is 280 g/mol. The van der Waals surface area contributed by atoms with Gasteiger partial charge in [-0.05, 0) is 39.3 Å². The minimum Gasteiger partial charge on any atom is -0.503 e. The van der Waals surface area contributed by atoms with E-state index in [1.54, 1.807) is 0 Å². The van der Waals surface area contributed by atoms with Gasteiger partial charge in [0.05, 0.1) is 5.69 Å². The fourth-order valence-corrected chi connectivity index (χ4v) is 2.85. The lowest BCUT2D eigenvalue weighted by atomic mass is 10.1. The molecule has 112 valence electrons. The van der Waals surface area contributed by atoms with Crippen molar-refractivity contribution in [3.8, 4) is 5.75 Å². The van der Waals surface area contributed by atoms with Crippen molar-refractivity contribution < 1.29 is 10.2 Å². The lowest BCUT2D eigenvalue weighted by Crippen LogP contribution is -2.31. The van der Waals surface area contributed by atoms with Crippen LogP contribution in [0.1, 0.15) is 37.1 Å². The Morgan fingerprint density at radius 2 is 1.95 bits per heavy atom. The van der Waals surface area contributed by atoms with E-state index in [1.165, 1.54) is 25.3 Å². The summed E-state index contributed by atoms with van der Waals surface area (Å²) in [5.74, 6) is -0.140. The Morgan fingerprint density at radius 3 is 2.60 bits per heavy atom. The van der Waals surface area contributed by atoms with Gasteiger partial charge in [-0.3, -0.25) is 9.69 Å². The maximum Gasteiger partial charge on any atom is 0.223 e. The summed E-state index contributed by atoms with van der Waals surface area (Å²) in [4.78, 5) is 14.1. The smallest absolute Gasteiger partial charge is 0.223 e. The van der Waals surface area contributed by atoms with E-state index in [4.69, 9.17) is 5.11 Å². The van der Waals surface area contributed by atoms with Gasteiger partial charge in [0.2, 0.25) is 5.43 Å². The van der Waals surface area contributed by atoms with E-state index in [2.05, 4.69) is 4.90 Å². The molecule has 2 heterocycles. The van der Waals surface area contributed by atoms with Gasteiger partial charge in [0.15, 0.2) is 5.75 Å². The van der Waals surface area contributed by atoms with Gasteiger partial charge in [-0.2, -0.15) is 0 Å². The number of aryl methyl sites for hydroxylation is 1. The third-order valence-corrected chi connectivity index (χ3v) is 3.96. The van der Waals surface area contributed by atoms with Crippen molar-refractivity contribution in [2.45, 2.75) is 45.7 Å². The second kappa shape index (κ2) is 6.90. The number of hydrogen-bond acceptors (Lipinski definition) is 4. The van der Waals surface area contributed by atoms with Crippen molar-refractivity contribution >= 4 is 0 Å². The number of rotatable bonds is 5. The number of nitrogens with zero attached hydrogens (tertiary/aromatic N) is 2. The van der Waals surface area contributed by atoms with Crippen LogP contribution in [0.4, 0.5) is 0 Å². The number of aliphatic hydroxyl groups excluding tert-OH is 1. The summed E-state index contributed by atoms with van der Waals surface area (Å²) in [7, 11) is 0. The Bertz CT molecular complexity index is 505. The summed E-state index contributed by atoms with van der Waals surface area (Å²) >= 11 is 0. The SMILES string of the molecule is Cc1cc(=O)c(O)c(CN2CCCCC2)n1CCCO. The molecule has 1 aliphatic heterocycles. The molecule has 0 unspecified atom stereocenters. The summed E-state index contributed by atoms with van der Waals surface area (Å²) in [5, 5.41) is 19.1. The predicted molar refractivity (Wildman–Crippen MR) is 77.9 cm³/mol. The average molecular weight is 280 g/mol. The van der Waals surface area contributed by atoms with Crippen LogP contribution in [0.25, 0.3) is 0 Å². The van der Waals surface area contributed by atoms with Crippen molar-refractivity contribution in [2.75, 3.05) is 19.7 Å². The first kappa shape index (κ1) is 15.1. The minimum atomic E-state index is -0.310. The highest BCUT2D eigenvalue weighted by atomic mass is 16.3. The summed E-state index contributed by atoms with van der Waals surface area (Å²) in [5.41, 5.74) is 1.22. The molecule has 0 aromatic carbocycles. The molecule has 0 atom stereocenters. The zero-order chi connectivity index (χ0) is 14.5. The van der Waals surface area contributed by atoms with Crippen LogP contribution in [0.2, 0.25) is 0 Å². The topological polar surface area (TPSA) is 65.7 Å². The Hall–Kier alpha value is -1.33. The van der Waals surface area contributed by atoms with Crippen LogP contribution in [0.3, 0.4) is 0 Å². The Balaban J connectivity index is 2.29. The standard InChI is InChI=1S/C15H24N2O3/c1-12-10-14(19)15(20)13(17(12)8-5-9-18)11-16-6-3-2-4-7-16/h10,18,20H,2-9,11H2,1H3. The predicted octanol–water partition coefficient (Wildman–Crippen LogP) is 1.23. The Labute approximate surface area is 119 Å². The number of aromatic hydroxyl groups is 1. The Morgan fingerprint density at radius 1 is 1.25 bits per heavy atom. The number of piperidine rings is 1. The lowest BCUT2D eigenvalue weighted by Gasteiger charge is -2.28. The van der Waals surface area contributed by atoms with Crippen LogP contribution in [-0.4, -0.2) is 39.4 Å². The first-order valence-corrected chi connectivity index (χ1v) is 7.39. The molecule has 2 N–H and O–H groups in total. The van der Waals surface area contributed by atoms with Gasteiger partial charge in [-0.25, -0.2) is 0 Å². The van der Waals surface area contributed by atoms with E-state index in [-0.39, 0.29) is 17.8 Å². The molecule has 0 aliphatic carbocycles. The van der Waals surface area contributed by atoms with Crippen molar-refractivity contribution in [3.63, 3.8) is 0 Å². The molecular formula is C15H24N2O3. The van der Waals surface area contributed by atoms with Gasteiger partial charge in [0, 0.05) is 31.5 Å². The van der Waals surface area contributed by atoms with Gasteiger partial charge in [-0.1, -0.05) is 6.42 Å². The molecule has 1 aromatic rings. The molecule has 1 saturated heterocycles. The number of likely N-dealkylation sites (tertiary alicyclic amines) is 1. The van der Waals surface area contributed by atoms with Gasteiger partial charge < -0.3 is 14.8 Å². The zero-order valence-corrected chi connectivity index (χ0v) is 12.1. The second-order valence-electron chi connectivity index (χ2n) is 5.51. The molecular weight excluding hydrogens is 256 g/mol. The molecule has 0 amide bonds. The van der Waals surface area contributed by atoms with E-state index < -0.39 is 0 Å². The van der Waals surface area contributed by atoms with E-state index >= 15 is 0 Å². The van der Waals surface area contributed by atoms with E-state index in [9.17, 15) is 9.90 Å². The van der Waals surface area contributed by atoms with Crippen molar-refractivity contribution in [3.05, 3.63) is 27.7 Å². The van der Waals surface area contributed by atoms with Crippen LogP contribution in [0.5, 0.6) is 5.75 Å². The summed E-state index contributed by atoms with van der Waals surface area (Å²) < 4.78 is 1.96. The van der Waals surface area contributed by atoms with Crippen LogP contribution in [0.15, 0.2) is 10.9 Å². The molecule has 1 aromatic heterocycles. The molecule has 0 spiro atoms. The quantitative estimate of drug-likeness (QED) is 0.851. The van der Waals surface area contributed by atoms with Gasteiger partial charge in [0.25, 0.3) is 0 Å². The van der Waals surface area contributed by atoms with Crippen LogP contribution in [0, 0.1) is 6.92 Å². The summed E-state index contributed by atoms with van der Waals surface area (Å²) in [6, 6.07) is 1.46. The largest absolute Gasteiger partial charge is 0.503 e. The maximum absolute atomic E-state index is 11.8. The zero-order valence-electron chi connectivity index (χ0n) is 12.1. The third-order valence-electron chi connectivity index (χ3n) is 3.96. The average Bonchev–Trinajstić information content (AvgIpc) is 2.45. The molecule has 20 heavy (non-hydrogen) atoms. The molecule has 5 nitrogen and oxygen atoms in total. The number of hydrogen-bond donors (Lipinski definition) is 2. The fraction of sp³-hybridized carbons (Fsp3) is 0.667. The molecule has 1 aliphatic rings. The van der Waals surface area contributed by atoms with Gasteiger partial charge in [-0.15, -0.1) is 0 Å². The summed E-state index contributed by atoms with van der Waals surface area (Å²) in [6.45, 7) is 5.24. The number of pyridine rings is 1. The molecule has 0 radical (unpaired) electrons. The maximum atomic E-state index is 11.8. The molecule has 0 saturated carbocycles. The second-order valence-corrected chi connectivity index (χ2v) is 5.51. The Kier molecular flexibility index (Phi) is 5.20. The first-order chi connectivity index (χ1) is 9.63. The normalized spacial score (nSPS) is 16.5. The summed E-state index contributed by atoms with van der Waals surface area (Å²) in [6.07, 6.45) is 4.23. The minimum absolute atomic E-state index is 0.107. The van der Waals surface area contributed by atoms with E-state index in [0.29, 0.717) is 25.2 Å².